The second-order valence-corrected chi connectivity index (χ2v) is 14.8. The molecule has 41 heavy (non-hydrogen) atoms. The average Bonchev–Trinajstić information content (AvgIpc) is 2.91. The van der Waals surface area contributed by atoms with Crippen molar-refractivity contribution in [3.05, 3.63) is 64.7 Å². The van der Waals surface area contributed by atoms with Crippen molar-refractivity contribution < 1.29 is 18.0 Å². The van der Waals surface area contributed by atoms with Gasteiger partial charge in [-0.25, -0.2) is 8.42 Å². The Kier molecular flexibility index (Phi) is 8.72. The topological polar surface area (TPSA) is 86.8 Å². The van der Waals surface area contributed by atoms with Crippen LogP contribution in [-0.4, -0.2) is 50.5 Å². The molecule has 222 valence electrons. The fourth-order valence-corrected chi connectivity index (χ4v) is 9.13. The molecule has 4 aliphatic rings. The van der Waals surface area contributed by atoms with Gasteiger partial charge in [0.15, 0.2) is 0 Å². The highest BCUT2D eigenvalue weighted by Crippen LogP contribution is 2.60. The summed E-state index contributed by atoms with van der Waals surface area (Å²) in [5.74, 6) is 1.70. The molecule has 2 amide bonds. The number of sulfonamides is 1. The van der Waals surface area contributed by atoms with Gasteiger partial charge in [0.2, 0.25) is 21.8 Å². The molecular formula is C32H42ClN3O4S. The predicted octanol–water partition coefficient (Wildman–Crippen LogP) is 5.52. The van der Waals surface area contributed by atoms with E-state index in [9.17, 15) is 18.0 Å². The number of likely N-dealkylation sites (N-methyl/N-ethyl adjacent to an activating group) is 1. The van der Waals surface area contributed by atoms with Crippen LogP contribution in [0.15, 0.2) is 48.5 Å². The number of carbonyl (C=O) groups excluding carboxylic acids is 2. The number of amides is 2. The first kappa shape index (κ1) is 29.9. The van der Waals surface area contributed by atoms with Gasteiger partial charge in [0.1, 0.15) is 12.6 Å². The maximum Gasteiger partial charge on any atom is 0.244 e. The quantitative estimate of drug-likeness (QED) is 0.369. The summed E-state index contributed by atoms with van der Waals surface area (Å²) in [7, 11) is -3.79. The first-order chi connectivity index (χ1) is 19.5. The molecule has 4 saturated carbocycles. The minimum atomic E-state index is -3.79. The molecule has 9 heteroatoms. The van der Waals surface area contributed by atoms with Crippen LogP contribution in [0.2, 0.25) is 5.02 Å². The Morgan fingerprint density at radius 2 is 1.56 bits per heavy atom. The van der Waals surface area contributed by atoms with Crippen LogP contribution >= 0.6 is 11.6 Å². The second-order valence-electron chi connectivity index (χ2n) is 12.4. The largest absolute Gasteiger partial charge is 0.355 e. The van der Waals surface area contributed by atoms with Crippen LogP contribution in [0.5, 0.6) is 0 Å². The normalized spacial score (nSPS) is 25.5. The SMILES string of the molecule is CCNC(=O)[C@@H](CC)N(Cc1ccccc1Cl)C(=O)CN(c1ccc(C23CC4CC(CC(C4)C2)C3)cc1)S(C)(=O)=O. The number of hydrogen-bond acceptors (Lipinski definition) is 4. The van der Waals surface area contributed by atoms with Crippen LogP contribution in [0.4, 0.5) is 5.69 Å². The van der Waals surface area contributed by atoms with E-state index in [1.165, 1.54) is 49.0 Å². The molecule has 1 atom stereocenters. The Morgan fingerprint density at radius 1 is 0.976 bits per heavy atom. The van der Waals surface area contributed by atoms with Gasteiger partial charge in [0.25, 0.3) is 0 Å². The van der Waals surface area contributed by atoms with Gasteiger partial charge in [-0.15, -0.1) is 0 Å². The molecule has 0 spiro atoms. The van der Waals surface area contributed by atoms with Crippen molar-refractivity contribution in [2.75, 3.05) is 23.7 Å². The molecule has 0 aliphatic heterocycles. The van der Waals surface area contributed by atoms with Crippen LogP contribution in [0.1, 0.15) is 69.9 Å². The number of halogens is 1. The molecule has 0 saturated heterocycles. The van der Waals surface area contributed by atoms with E-state index < -0.39 is 28.5 Å². The lowest BCUT2D eigenvalue weighted by molar-refractivity contribution is -0.140. The first-order valence-electron chi connectivity index (χ1n) is 14.9. The van der Waals surface area contributed by atoms with E-state index >= 15 is 0 Å². The number of nitrogens with one attached hydrogen (secondary N) is 1. The van der Waals surface area contributed by atoms with E-state index in [1.807, 2.05) is 38.1 Å². The summed E-state index contributed by atoms with van der Waals surface area (Å²) >= 11 is 6.42. The van der Waals surface area contributed by atoms with Crippen molar-refractivity contribution >= 4 is 39.1 Å². The molecule has 4 aliphatic carbocycles. The van der Waals surface area contributed by atoms with Gasteiger partial charge in [0, 0.05) is 18.1 Å². The van der Waals surface area contributed by atoms with E-state index in [0.717, 1.165) is 28.3 Å². The smallest absolute Gasteiger partial charge is 0.244 e. The van der Waals surface area contributed by atoms with Crippen LogP contribution in [0.25, 0.3) is 0 Å². The van der Waals surface area contributed by atoms with Gasteiger partial charge in [-0.05, 0) is 104 Å². The van der Waals surface area contributed by atoms with E-state index in [-0.39, 0.29) is 17.9 Å². The summed E-state index contributed by atoms with van der Waals surface area (Å²) in [5, 5.41) is 3.29. The van der Waals surface area contributed by atoms with E-state index in [0.29, 0.717) is 29.2 Å². The lowest BCUT2D eigenvalue weighted by Gasteiger charge is -2.57. The molecule has 6 rings (SSSR count). The molecule has 0 radical (unpaired) electrons. The Labute approximate surface area is 249 Å². The summed E-state index contributed by atoms with van der Waals surface area (Å²) in [6.45, 7) is 3.77. The standard InChI is InChI=1S/C32H42ClN3O4S/c1-4-29(31(38)34-5-2)35(20-25-8-6-7-9-28(25)33)30(37)21-36(41(3,39)40)27-12-10-26(11-13-27)32-17-22-14-23(18-32)16-24(15-22)19-32/h6-13,22-24,29H,4-5,14-21H2,1-3H3,(H,34,38)/t22?,23?,24?,29-,32?/m1/s1. The monoisotopic (exact) mass is 599 g/mol. The van der Waals surface area contributed by atoms with E-state index in [4.69, 9.17) is 11.6 Å². The van der Waals surface area contributed by atoms with Crippen molar-refractivity contribution in [1.82, 2.24) is 10.2 Å². The zero-order chi connectivity index (χ0) is 29.4. The van der Waals surface area contributed by atoms with Gasteiger partial charge in [0.05, 0.1) is 11.9 Å². The zero-order valence-electron chi connectivity index (χ0n) is 24.3. The summed E-state index contributed by atoms with van der Waals surface area (Å²) in [6.07, 6.45) is 9.25. The number of nitrogens with zero attached hydrogens (tertiary/aromatic N) is 2. The molecule has 1 N–H and O–H groups in total. The van der Waals surface area contributed by atoms with Gasteiger partial charge in [-0.3, -0.25) is 13.9 Å². The minimum absolute atomic E-state index is 0.0940. The van der Waals surface area contributed by atoms with Crippen molar-refractivity contribution in [3.8, 4) is 0 Å². The third kappa shape index (κ3) is 6.29. The highest BCUT2D eigenvalue weighted by molar-refractivity contribution is 7.92. The first-order valence-corrected chi connectivity index (χ1v) is 17.1. The van der Waals surface area contributed by atoms with Gasteiger partial charge >= 0.3 is 0 Å². The minimum Gasteiger partial charge on any atom is -0.355 e. The van der Waals surface area contributed by atoms with Crippen molar-refractivity contribution in [3.63, 3.8) is 0 Å². The molecule has 2 aromatic rings. The molecule has 0 aromatic heterocycles. The maximum atomic E-state index is 13.9. The Hall–Kier alpha value is -2.58. The summed E-state index contributed by atoms with van der Waals surface area (Å²) in [6, 6.07) is 14.3. The summed E-state index contributed by atoms with van der Waals surface area (Å²) in [4.78, 5) is 28.3. The molecule has 7 nitrogen and oxygen atoms in total. The fraction of sp³-hybridized carbons (Fsp3) is 0.562. The lowest BCUT2D eigenvalue weighted by atomic mass is 9.48. The number of rotatable bonds is 11. The zero-order valence-corrected chi connectivity index (χ0v) is 25.9. The molecule has 0 unspecified atom stereocenters. The number of benzene rings is 2. The number of hydrogen-bond donors (Lipinski definition) is 1. The second kappa shape index (κ2) is 12.0. The van der Waals surface area contributed by atoms with Gasteiger partial charge in [-0.1, -0.05) is 48.9 Å². The third-order valence-corrected chi connectivity index (χ3v) is 11.0. The van der Waals surface area contributed by atoms with Crippen LogP contribution in [0, 0.1) is 17.8 Å². The molecule has 4 bridgehead atoms. The third-order valence-electron chi connectivity index (χ3n) is 9.52. The molecular weight excluding hydrogens is 558 g/mol. The highest BCUT2D eigenvalue weighted by Gasteiger charge is 2.51. The Balaban J connectivity index is 1.41. The summed E-state index contributed by atoms with van der Waals surface area (Å²) < 4.78 is 27.2. The maximum absolute atomic E-state index is 13.9. The van der Waals surface area contributed by atoms with Crippen molar-refractivity contribution in [2.45, 2.75) is 76.8 Å². The molecule has 0 heterocycles. The lowest BCUT2D eigenvalue weighted by Crippen LogP contribution is -2.52. The van der Waals surface area contributed by atoms with Gasteiger partial charge < -0.3 is 10.2 Å². The number of carbonyl (C=O) groups is 2. The van der Waals surface area contributed by atoms with Crippen LogP contribution in [0.3, 0.4) is 0 Å². The van der Waals surface area contributed by atoms with Crippen molar-refractivity contribution in [2.24, 2.45) is 17.8 Å². The van der Waals surface area contributed by atoms with Gasteiger partial charge in [-0.2, -0.15) is 0 Å². The van der Waals surface area contributed by atoms with E-state index in [1.54, 1.807) is 12.1 Å². The predicted molar refractivity (Wildman–Crippen MR) is 163 cm³/mol. The summed E-state index contributed by atoms with van der Waals surface area (Å²) in [5.41, 5.74) is 2.64. The molecule has 2 aromatic carbocycles. The van der Waals surface area contributed by atoms with Crippen LogP contribution < -0.4 is 9.62 Å². The average molecular weight is 600 g/mol. The Morgan fingerprint density at radius 3 is 2.07 bits per heavy atom. The molecule has 4 fully saturated rings. The Bertz CT molecular complexity index is 1340. The van der Waals surface area contributed by atoms with E-state index in [2.05, 4.69) is 17.4 Å². The number of anilines is 1. The highest BCUT2D eigenvalue weighted by atomic mass is 35.5. The van der Waals surface area contributed by atoms with Crippen LogP contribution in [-0.2, 0) is 31.6 Å². The van der Waals surface area contributed by atoms with Crippen molar-refractivity contribution in [1.29, 1.82) is 0 Å². The fourth-order valence-electron chi connectivity index (χ4n) is 8.08.